The fraction of sp³-hybridized carbons (Fsp3) is 0.200. The summed E-state index contributed by atoms with van der Waals surface area (Å²) in [5, 5.41) is 8.02. The molecule has 0 aliphatic carbocycles. The van der Waals surface area contributed by atoms with Gasteiger partial charge in [0.15, 0.2) is 0 Å². The normalized spacial score (nSPS) is 17.8. The van der Waals surface area contributed by atoms with Gasteiger partial charge in [-0.1, -0.05) is 66.7 Å². The summed E-state index contributed by atoms with van der Waals surface area (Å²) < 4.78 is 7.57. The van der Waals surface area contributed by atoms with E-state index in [2.05, 4.69) is 76.1 Å². The summed E-state index contributed by atoms with van der Waals surface area (Å²) in [5.41, 5.74) is 4.91. The number of nitrogens with zero attached hydrogens (tertiary/aromatic N) is 3. The SMILES string of the molecule is CCOc1ccc([C@H]2C[C@@H](c3ccc(-c4ccccc4)cc3)Nc3ncnn32)cc1. The summed E-state index contributed by atoms with van der Waals surface area (Å²) in [6.07, 6.45) is 2.51. The minimum atomic E-state index is 0.123. The number of aromatic nitrogens is 3. The fourth-order valence-corrected chi connectivity index (χ4v) is 4.11. The van der Waals surface area contributed by atoms with Gasteiger partial charge in [-0.05, 0) is 47.7 Å². The molecule has 3 aromatic carbocycles. The maximum atomic E-state index is 5.59. The molecule has 1 N–H and O–H groups in total. The number of hydrogen-bond donors (Lipinski definition) is 1. The molecule has 0 unspecified atom stereocenters. The molecular formula is C25H24N4O. The summed E-state index contributed by atoms with van der Waals surface area (Å²) in [6, 6.07) is 27.9. The van der Waals surface area contributed by atoms with Crippen molar-refractivity contribution in [3.8, 4) is 16.9 Å². The van der Waals surface area contributed by atoms with Gasteiger partial charge in [-0.2, -0.15) is 10.1 Å². The molecule has 0 radical (unpaired) electrons. The highest BCUT2D eigenvalue weighted by Gasteiger charge is 2.29. The molecular weight excluding hydrogens is 372 g/mol. The zero-order valence-corrected chi connectivity index (χ0v) is 16.9. The van der Waals surface area contributed by atoms with Gasteiger partial charge in [0.2, 0.25) is 5.95 Å². The molecule has 0 bridgehead atoms. The molecule has 1 aromatic heterocycles. The third kappa shape index (κ3) is 3.54. The number of anilines is 1. The van der Waals surface area contributed by atoms with Crippen molar-refractivity contribution in [3.05, 3.63) is 96.3 Å². The van der Waals surface area contributed by atoms with Crippen molar-refractivity contribution < 1.29 is 4.74 Å². The lowest BCUT2D eigenvalue weighted by Gasteiger charge is -2.32. The molecule has 5 rings (SSSR count). The molecule has 0 amide bonds. The molecule has 0 saturated heterocycles. The summed E-state index contributed by atoms with van der Waals surface area (Å²) >= 11 is 0. The van der Waals surface area contributed by atoms with E-state index in [1.807, 2.05) is 29.8 Å². The second-order valence-electron chi connectivity index (χ2n) is 7.47. The molecule has 1 aliphatic heterocycles. The minimum absolute atomic E-state index is 0.123. The van der Waals surface area contributed by atoms with E-state index in [0.717, 1.165) is 18.1 Å². The lowest BCUT2D eigenvalue weighted by atomic mass is 9.92. The zero-order chi connectivity index (χ0) is 20.3. The van der Waals surface area contributed by atoms with E-state index >= 15 is 0 Å². The molecule has 4 aromatic rings. The Hall–Kier alpha value is -3.60. The summed E-state index contributed by atoms with van der Waals surface area (Å²) in [4.78, 5) is 4.44. The van der Waals surface area contributed by atoms with Crippen LogP contribution in [-0.4, -0.2) is 21.4 Å². The first-order valence-electron chi connectivity index (χ1n) is 10.4. The van der Waals surface area contributed by atoms with Gasteiger partial charge < -0.3 is 10.1 Å². The van der Waals surface area contributed by atoms with Crippen LogP contribution in [0.3, 0.4) is 0 Å². The molecule has 2 heterocycles. The third-order valence-electron chi connectivity index (χ3n) is 5.63. The number of nitrogens with one attached hydrogen (secondary N) is 1. The largest absolute Gasteiger partial charge is 0.494 e. The Morgan fingerprint density at radius 2 is 1.60 bits per heavy atom. The first-order chi connectivity index (χ1) is 14.8. The monoisotopic (exact) mass is 396 g/mol. The smallest absolute Gasteiger partial charge is 0.222 e. The Morgan fingerprint density at radius 1 is 0.900 bits per heavy atom. The fourth-order valence-electron chi connectivity index (χ4n) is 4.11. The molecule has 30 heavy (non-hydrogen) atoms. The average Bonchev–Trinajstić information content (AvgIpc) is 3.29. The minimum Gasteiger partial charge on any atom is -0.494 e. The van der Waals surface area contributed by atoms with Crippen LogP contribution >= 0.6 is 0 Å². The van der Waals surface area contributed by atoms with Crippen molar-refractivity contribution in [2.75, 3.05) is 11.9 Å². The summed E-state index contributed by atoms with van der Waals surface area (Å²) in [5.74, 6) is 1.69. The quantitative estimate of drug-likeness (QED) is 0.485. The van der Waals surface area contributed by atoms with E-state index in [-0.39, 0.29) is 12.1 Å². The molecule has 5 heteroatoms. The van der Waals surface area contributed by atoms with Gasteiger partial charge in [-0.25, -0.2) is 4.68 Å². The van der Waals surface area contributed by atoms with E-state index < -0.39 is 0 Å². The van der Waals surface area contributed by atoms with Crippen LogP contribution in [0.15, 0.2) is 85.2 Å². The molecule has 0 saturated carbocycles. The van der Waals surface area contributed by atoms with E-state index in [1.54, 1.807) is 6.33 Å². The Kier molecular flexibility index (Phi) is 4.93. The molecule has 1 aliphatic rings. The molecule has 0 fully saturated rings. The highest BCUT2D eigenvalue weighted by molar-refractivity contribution is 5.63. The maximum absolute atomic E-state index is 5.59. The number of rotatable bonds is 5. The highest BCUT2D eigenvalue weighted by atomic mass is 16.5. The predicted molar refractivity (Wildman–Crippen MR) is 119 cm³/mol. The molecule has 0 spiro atoms. The van der Waals surface area contributed by atoms with Gasteiger partial charge in [-0.3, -0.25) is 0 Å². The second-order valence-corrected chi connectivity index (χ2v) is 7.47. The first kappa shape index (κ1) is 18.4. The average molecular weight is 396 g/mol. The van der Waals surface area contributed by atoms with Gasteiger partial charge in [-0.15, -0.1) is 0 Å². The Labute approximate surface area is 176 Å². The highest BCUT2D eigenvalue weighted by Crippen LogP contribution is 2.38. The van der Waals surface area contributed by atoms with E-state index in [0.29, 0.717) is 6.61 Å². The van der Waals surface area contributed by atoms with Crippen LogP contribution in [0.5, 0.6) is 5.75 Å². The third-order valence-corrected chi connectivity index (χ3v) is 5.63. The van der Waals surface area contributed by atoms with E-state index in [9.17, 15) is 0 Å². The van der Waals surface area contributed by atoms with Crippen molar-refractivity contribution in [1.82, 2.24) is 14.8 Å². The van der Waals surface area contributed by atoms with E-state index in [1.165, 1.54) is 22.3 Å². The maximum Gasteiger partial charge on any atom is 0.222 e. The van der Waals surface area contributed by atoms with Crippen molar-refractivity contribution in [2.45, 2.75) is 25.4 Å². The van der Waals surface area contributed by atoms with Crippen LogP contribution in [0, 0.1) is 0 Å². The van der Waals surface area contributed by atoms with Gasteiger partial charge >= 0.3 is 0 Å². The van der Waals surface area contributed by atoms with Crippen LogP contribution < -0.4 is 10.1 Å². The Balaban J connectivity index is 1.42. The topological polar surface area (TPSA) is 52.0 Å². The number of hydrogen-bond acceptors (Lipinski definition) is 4. The van der Waals surface area contributed by atoms with Crippen LogP contribution in [-0.2, 0) is 0 Å². The predicted octanol–water partition coefficient (Wildman–Crippen LogP) is 5.49. The Bertz CT molecular complexity index is 1100. The second kappa shape index (κ2) is 8.03. The van der Waals surface area contributed by atoms with Crippen LogP contribution in [0.25, 0.3) is 11.1 Å². The van der Waals surface area contributed by atoms with Crippen molar-refractivity contribution in [3.63, 3.8) is 0 Å². The lowest BCUT2D eigenvalue weighted by molar-refractivity contribution is 0.340. The number of benzene rings is 3. The first-order valence-corrected chi connectivity index (χ1v) is 10.4. The van der Waals surface area contributed by atoms with Crippen molar-refractivity contribution >= 4 is 5.95 Å². The molecule has 150 valence electrons. The van der Waals surface area contributed by atoms with Gasteiger partial charge in [0, 0.05) is 0 Å². The van der Waals surface area contributed by atoms with E-state index in [4.69, 9.17) is 4.74 Å². The number of fused-ring (bicyclic) bond motifs is 1. The van der Waals surface area contributed by atoms with Gasteiger partial charge in [0.05, 0.1) is 18.7 Å². The summed E-state index contributed by atoms with van der Waals surface area (Å²) in [6.45, 7) is 2.66. The van der Waals surface area contributed by atoms with Crippen LogP contribution in [0.1, 0.15) is 36.6 Å². The van der Waals surface area contributed by atoms with Crippen molar-refractivity contribution in [2.24, 2.45) is 0 Å². The standard InChI is InChI=1S/C25H24N4O/c1-2-30-22-14-12-21(13-15-22)24-16-23(28-25-26-17-27-29(24)25)20-10-8-19(9-11-20)18-6-4-3-5-7-18/h3-15,17,23-24H,2,16H2,1H3,(H,26,27,28)/t23-,24+/m0/s1. The molecule has 2 atom stereocenters. The number of ether oxygens (including phenoxy) is 1. The van der Waals surface area contributed by atoms with Crippen LogP contribution in [0.2, 0.25) is 0 Å². The van der Waals surface area contributed by atoms with Crippen LogP contribution in [0.4, 0.5) is 5.95 Å². The van der Waals surface area contributed by atoms with Crippen molar-refractivity contribution in [1.29, 1.82) is 0 Å². The van der Waals surface area contributed by atoms with Gasteiger partial charge in [0.25, 0.3) is 0 Å². The molecule has 5 nitrogen and oxygen atoms in total. The Morgan fingerprint density at radius 3 is 2.33 bits per heavy atom. The zero-order valence-electron chi connectivity index (χ0n) is 16.9. The van der Waals surface area contributed by atoms with Gasteiger partial charge in [0.1, 0.15) is 12.1 Å². The summed E-state index contributed by atoms with van der Waals surface area (Å²) in [7, 11) is 0. The lowest BCUT2D eigenvalue weighted by Crippen LogP contribution is -2.28.